The zero-order valence-electron chi connectivity index (χ0n) is 16.1. The van der Waals surface area contributed by atoms with E-state index in [-0.39, 0.29) is 17.9 Å². The highest BCUT2D eigenvalue weighted by Gasteiger charge is 2.33. The summed E-state index contributed by atoms with van der Waals surface area (Å²) >= 11 is 12.2. The Bertz CT molecular complexity index is 691. The number of hydrogen-bond donors (Lipinski definition) is 1. The van der Waals surface area contributed by atoms with Crippen LogP contribution in [-0.2, 0) is 14.3 Å². The summed E-state index contributed by atoms with van der Waals surface area (Å²) in [5.74, 6) is -0.308. The fraction of sp³-hybridized carbons (Fsp3) is 0.579. The van der Waals surface area contributed by atoms with Gasteiger partial charge >= 0.3 is 6.09 Å². The second kappa shape index (κ2) is 9.13. The number of ether oxygens (including phenoxy) is 2. The molecule has 0 bridgehead atoms. The van der Waals surface area contributed by atoms with E-state index in [2.05, 4.69) is 5.32 Å². The average molecular weight is 417 g/mol. The van der Waals surface area contributed by atoms with Crippen molar-refractivity contribution in [3.63, 3.8) is 0 Å². The Balaban J connectivity index is 2.24. The highest BCUT2D eigenvalue weighted by atomic mass is 35.5. The summed E-state index contributed by atoms with van der Waals surface area (Å²) in [5.41, 5.74) is 0.270. The number of benzene rings is 1. The number of nitrogens with one attached hydrogen (secondary N) is 1. The van der Waals surface area contributed by atoms with E-state index in [1.54, 1.807) is 17.0 Å². The van der Waals surface area contributed by atoms with E-state index >= 15 is 0 Å². The smallest absolute Gasteiger partial charge is 0.410 e. The number of carbonyl (C=O) groups is 2. The molecule has 8 heteroatoms. The van der Waals surface area contributed by atoms with Gasteiger partial charge < -0.3 is 19.7 Å². The van der Waals surface area contributed by atoms with Gasteiger partial charge in [-0.3, -0.25) is 4.79 Å². The maximum atomic E-state index is 12.5. The fourth-order valence-corrected chi connectivity index (χ4v) is 3.20. The maximum absolute atomic E-state index is 12.5. The molecular formula is C19H26Cl2N2O4. The van der Waals surface area contributed by atoms with Crippen LogP contribution in [0.2, 0.25) is 10.0 Å². The van der Waals surface area contributed by atoms with Gasteiger partial charge in [-0.1, -0.05) is 29.3 Å². The number of amides is 2. The van der Waals surface area contributed by atoms with Gasteiger partial charge in [0.05, 0.1) is 22.8 Å². The first-order valence-corrected chi connectivity index (χ1v) is 9.61. The van der Waals surface area contributed by atoms with E-state index in [4.69, 9.17) is 32.7 Å². The van der Waals surface area contributed by atoms with Crippen molar-refractivity contribution in [1.29, 1.82) is 0 Å². The largest absolute Gasteiger partial charge is 0.444 e. The van der Waals surface area contributed by atoms with Crippen molar-refractivity contribution in [2.45, 2.75) is 39.4 Å². The third kappa shape index (κ3) is 6.55. The second-order valence-electron chi connectivity index (χ2n) is 7.59. The molecule has 1 aliphatic heterocycles. The van der Waals surface area contributed by atoms with E-state index in [9.17, 15) is 9.59 Å². The molecule has 2 rings (SSSR count). The van der Waals surface area contributed by atoms with Crippen LogP contribution in [0.25, 0.3) is 0 Å². The molecule has 0 saturated carbocycles. The number of halogens is 2. The van der Waals surface area contributed by atoms with Crippen LogP contribution in [0.15, 0.2) is 18.2 Å². The number of hydrogen-bond acceptors (Lipinski definition) is 4. The van der Waals surface area contributed by atoms with Gasteiger partial charge in [0, 0.05) is 32.5 Å². The molecule has 1 aliphatic rings. The Labute approximate surface area is 170 Å². The maximum Gasteiger partial charge on any atom is 0.410 e. The lowest BCUT2D eigenvalue weighted by molar-refractivity contribution is -0.119. The van der Waals surface area contributed by atoms with Crippen molar-refractivity contribution in [2.75, 3.05) is 26.2 Å². The van der Waals surface area contributed by atoms with E-state index in [1.807, 2.05) is 26.8 Å². The third-order valence-corrected chi connectivity index (χ3v) is 4.82. The van der Waals surface area contributed by atoms with E-state index in [1.165, 1.54) is 6.92 Å². The molecule has 150 valence electrons. The molecule has 2 amide bonds. The minimum atomic E-state index is -0.583. The number of rotatable bonds is 3. The predicted molar refractivity (Wildman–Crippen MR) is 105 cm³/mol. The Kier molecular flexibility index (Phi) is 7.37. The van der Waals surface area contributed by atoms with Crippen molar-refractivity contribution in [3.05, 3.63) is 33.8 Å². The molecule has 0 radical (unpaired) electrons. The van der Waals surface area contributed by atoms with Crippen molar-refractivity contribution in [3.8, 4) is 0 Å². The molecule has 1 fully saturated rings. The topological polar surface area (TPSA) is 67.9 Å². The molecule has 1 heterocycles. The molecule has 0 spiro atoms. The zero-order chi connectivity index (χ0) is 20.2. The molecule has 27 heavy (non-hydrogen) atoms. The lowest BCUT2D eigenvalue weighted by Gasteiger charge is -2.30. The summed E-state index contributed by atoms with van der Waals surface area (Å²) in [6.45, 7) is 8.44. The van der Waals surface area contributed by atoms with Gasteiger partial charge in [0.1, 0.15) is 5.60 Å². The first kappa shape index (κ1) is 21.8. The molecule has 1 saturated heterocycles. The SMILES string of the molecule is CC(=O)NCC1CN(C(=O)OC(C)(C)C)CCOC1c1ccc(Cl)c(Cl)c1. The van der Waals surface area contributed by atoms with Gasteiger partial charge in [-0.15, -0.1) is 0 Å². The van der Waals surface area contributed by atoms with Gasteiger partial charge in [-0.05, 0) is 38.5 Å². The second-order valence-corrected chi connectivity index (χ2v) is 8.40. The van der Waals surface area contributed by atoms with Crippen LogP contribution in [0.3, 0.4) is 0 Å². The summed E-state index contributed by atoms with van der Waals surface area (Å²) in [7, 11) is 0. The number of nitrogens with zero attached hydrogens (tertiary/aromatic N) is 1. The molecule has 1 aromatic rings. The van der Waals surface area contributed by atoms with E-state index in [0.29, 0.717) is 36.3 Å². The fourth-order valence-electron chi connectivity index (χ4n) is 2.89. The summed E-state index contributed by atoms with van der Waals surface area (Å²) in [4.78, 5) is 25.6. The number of carbonyl (C=O) groups excluding carboxylic acids is 2. The van der Waals surface area contributed by atoms with Crippen molar-refractivity contribution >= 4 is 35.2 Å². The van der Waals surface area contributed by atoms with Crippen molar-refractivity contribution in [2.24, 2.45) is 5.92 Å². The summed E-state index contributed by atoms with van der Waals surface area (Å²) in [6, 6.07) is 5.33. The lowest BCUT2D eigenvalue weighted by atomic mass is 9.95. The Morgan fingerprint density at radius 1 is 1.30 bits per heavy atom. The summed E-state index contributed by atoms with van der Waals surface area (Å²) in [6.07, 6.45) is -0.729. The minimum Gasteiger partial charge on any atom is -0.444 e. The zero-order valence-corrected chi connectivity index (χ0v) is 17.6. The Hall–Kier alpha value is -1.50. The molecule has 2 unspecified atom stereocenters. The Morgan fingerprint density at radius 2 is 2.00 bits per heavy atom. The van der Waals surface area contributed by atoms with Crippen LogP contribution >= 0.6 is 23.2 Å². The normalized spacial score (nSPS) is 20.7. The quantitative estimate of drug-likeness (QED) is 0.806. The predicted octanol–water partition coefficient (Wildman–Crippen LogP) is 4.05. The standard InChI is InChI=1S/C19H26Cl2N2O4/c1-12(24)22-10-14-11-23(18(25)27-19(2,3)4)7-8-26-17(14)13-5-6-15(20)16(21)9-13/h5-6,9,14,17H,7-8,10-11H2,1-4H3,(H,22,24). The summed E-state index contributed by atoms with van der Waals surface area (Å²) in [5, 5.41) is 3.72. The van der Waals surface area contributed by atoms with Crippen LogP contribution < -0.4 is 5.32 Å². The van der Waals surface area contributed by atoms with Gasteiger partial charge in [-0.25, -0.2) is 4.79 Å². The lowest BCUT2D eigenvalue weighted by Crippen LogP contribution is -2.42. The molecule has 6 nitrogen and oxygen atoms in total. The van der Waals surface area contributed by atoms with Crippen molar-refractivity contribution < 1.29 is 19.1 Å². The molecule has 0 aromatic heterocycles. The van der Waals surface area contributed by atoms with Gasteiger partial charge in [0.15, 0.2) is 0 Å². The molecule has 1 aromatic carbocycles. The average Bonchev–Trinajstić information content (AvgIpc) is 2.76. The minimum absolute atomic E-state index is 0.143. The van der Waals surface area contributed by atoms with Gasteiger partial charge in [0.25, 0.3) is 0 Å². The highest BCUT2D eigenvalue weighted by Crippen LogP contribution is 2.33. The van der Waals surface area contributed by atoms with Crippen LogP contribution in [0.5, 0.6) is 0 Å². The molecule has 2 atom stereocenters. The van der Waals surface area contributed by atoms with Crippen molar-refractivity contribution in [1.82, 2.24) is 10.2 Å². The Morgan fingerprint density at radius 3 is 2.59 bits per heavy atom. The third-order valence-electron chi connectivity index (χ3n) is 4.08. The first-order chi connectivity index (χ1) is 12.6. The monoisotopic (exact) mass is 416 g/mol. The molecule has 1 N–H and O–H groups in total. The molecular weight excluding hydrogens is 391 g/mol. The van der Waals surface area contributed by atoms with Gasteiger partial charge in [-0.2, -0.15) is 0 Å². The van der Waals surface area contributed by atoms with Crippen LogP contribution in [-0.4, -0.2) is 48.7 Å². The molecule has 0 aliphatic carbocycles. The van der Waals surface area contributed by atoms with Crippen LogP contribution in [0.4, 0.5) is 4.79 Å². The van der Waals surface area contributed by atoms with Gasteiger partial charge in [0.2, 0.25) is 5.91 Å². The van der Waals surface area contributed by atoms with Crippen LogP contribution in [0, 0.1) is 5.92 Å². The summed E-state index contributed by atoms with van der Waals surface area (Å²) < 4.78 is 11.5. The van der Waals surface area contributed by atoms with Crippen LogP contribution in [0.1, 0.15) is 39.4 Å². The van der Waals surface area contributed by atoms with E-state index < -0.39 is 11.7 Å². The first-order valence-electron chi connectivity index (χ1n) is 8.85. The van der Waals surface area contributed by atoms with E-state index in [0.717, 1.165) is 5.56 Å². The highest BCUT2D eigenvalue weighted by molar-refractivity contribution is 6.42.